The van der Waals surface area contributed by atoms with Crippen molar-refractivity contribution >= 4 is 13.6 Å². The monoisotopic (exact) mass is 448 g/mol. The van der Waals surface area contributed by atoms with Crippen LogP contribution in [0.3, 0.4) is 0 Å². The molecule has 0 bridgehead atoms. The lowest BCUT2D eigenvalue weighted by Gasteiger charge is -2.31. The molecule has 0 spiro atoms. The molecule has 0 heterocycles. The Balaban J connectivity index is 4.29. The smallest absolute Gasteiger partial charge is 0.342 e. The Bertz CT molecular complexity index is 463. The molecular weight excluding hydrogens is 399 g/mol. The van der Waals surface area contributed by atoms with Gasteiger partial charge in [0.05, 0.1) is 6.61 Å². The van der Waals surface area contributed by atoms with Crippen LogP contribution in [0, 0.1) is 0 Å². The van der Waals surface area contributed by atoms with Crippen molar-refractivity contribution in [2.75, 3.05) is 6.61 Å². The van der Waals surface area contributed by atoms with E-state index >= 15 is 0 Å². The van der Waals surface area contributed by atoms with Crippen molar-refractivity contribution in [2.45, 2.75) is 142 Å². The number of carbonyl (C=O) groups excluding carboxylic acids is 1. The quantitative estimate of drug-likeness (QED) is 0.108. The molecule has 30 heavy (non-hydrogen) atoms. The van der Waals surface area contributed by atoms with Gasteiger partial charge in [-0.25, -0.2) is 0 Å². The second kappa shape index (κ2) is 18.2. The summed E-state index contributed by atoms with van der Waals surface area (Å²) in [6.45, 7) is 6.34. The molecule has 5 nitrogen and oxygen atoms in total. The van der Waals surface area contributed by atoms with Crippen LogP contribution in [0.25, 0.3) is 0 Å². The average Bonchev–Trinajstić information content (AvgIpc) is 2.70. The summed E-state index contributed by atoms with van der Waals surface area (Å²) in [5.41, 5.74) is 0. The number of hydrogen-bond acceptors (Lipinski definition) is 3. The number of esters is 1. The highest BCUT2D eigenvalue weighted by Crippen LogP contribution is 2.56. The molecule has 2 N–H and O–H groups in total. The van der Waals surface area contributed by atoms with Gasteiger partial charge in [-0.1, -0.05) is 117 Å². The summed E-state index contributed by atoms with van der Waals surface area (Å²) in [5.74, 6) is -0.704. The van der Waals surface area contributed by atoms with Gasteiger partial charge in [0.15, 0.2) is 5.16 Å². The lowest BCUT2D eigenvalue weighted by atomic mass is 9.96. The minimum Gasteiger partial charge on any atom is -0.465 e. The number of hydrogen-bond donors (Lipinski definition) is 2. The Morgan fingerprint density at radius 1 is 0.700 bits per heavy atom. The summed E-state index contributed by atoms with van der Waals surface area (Å²) >= 11 is 0. The molecule has 0 amide bonds. The number of unbranched alkanes of at least 4 members (excludes halogenated alkanes) is 14. The van der Waals surface area contributed by atoms with Gasteiger partial charge in [0, 0.05) is 0 Å². The largest absolute Gasteiger partial charge is 0.465 e. The van der Waals surface area contributed by atoms with Gasteiger partial charge in [-0.3, -0.25) is 9.36 Å². The van der Waals surface area contributed by atoms with Crippen LogP contribution in [0.1, 0.15) is 136 Å². The third-order valence-corrected chi connectivity index (χ3v) is 8.03. The lowest BCUT2D eigenvalue weighted by molar-refractivity contribution is -0.148. The van der Waals surface area contributed by atoms with Crippen LogP contribution < -0.4 is 0 Å². The van der Waals surface area contributed by atoms with Crippen molar-refractivity contribution in [3.05, 3.63) is 0 Å². The van der Waals surface area contributed by atoms with Gasteiger partial charge in [-0.2, -0.15) is 0 Å². The van der Waals surface area contributed by atoms with E-state index in [9.17, 15) is 19.1 Å². The lowest BCUT2D eigenvalue weighted by Crippen LogP contribution is -2.39. The van der Waals surface area contributed by atoms with Crippen LogP contribution in [-0.2, 0) is 14.1 Å². The molecule has 1 unspecified atom stereocenters. The molecule has 1 atom stereocenters. The van der Waals surface area contributed by atoms with Crippen molar-refractivity contribution in [1.29, 1.82) is 0 Å². The minimum atomic E-state index is -4.59. The molecule has 0 aliphatic rings. The molecule has 0 aliphatic carbocycles. The van der Waals surface area contributed by atoms with Crippen LogP contribution in [0.5, 0.6) is 0 Å². The van der Waals surface area contributed by atoms with Gasteiger partial charge in [0.2, 0.25) is 0 Å². The van der Waals surface area contributed by atoms with Gasteiger partial charge in [0.25, 0.3) is 0 Å². The highest BCUT2D eigenvalue weighted by molar-refractivity contribution is 7.54. The second-order valence-electron chi connectivity index (χ2n) is 8.76. The van der Waals surface area contributed by atoms with Gasteiger partial charge in [-0.05, 0) is 19.3 Å². The van der Waals surface area contributed by atoms with Crippen LogP contribution >= 0.6 is 7.60 Å². The Morgan fingerprint density at radius 2 is 1.10 bits per heavy atom. The maximum absolute atomic E-state index is 12.7. The first-order chi connectivity index (χ1) is 14.4. The van der Waals surface area contributed by atoms with Crippen LogP contribution in [0.15, 0.2) is 0 Å². The molecule has 180 valence electrons. The van der Waals surface area contributed by atoms with Crippen LogP contribution in [0.4, 0.5) is 0 Å². The first-order valence-corrected chi connectivity index (χ1v) is 14.2. The van der Waals surface area contributed by atoms with E-state index in [0.717, 1.165) is 38.5 Å². The van der Waals surface area contributed by atoms with Crippen molar-refractivity contribution in [3.63, 3.8) is 0 Å². The zero-order valence-corrected chi connectivity index (χ0v) is 20.9. The maximum Gasteiger partial charge on any atom is 0.342 e. The molecule has 0 rings (SSSR count). The summed E-state index contributed by atoms with van der Waals surface area (Å²) in [5, 5.41) is -1.67. The Labute approximate surface area is 185 Å². The van der Waals surface area contributed by atoms with E-state index < -0.39 is 18.7 Å². The molecule has 0 fully saturated rings. The SMILES string of the molecule is CCCCCCCCCCOC(=O)C(CC)(CCCCCCCCCC)P(=O)(O)O. The molecule has 0 aromatic heterocycles. The Kier molecular flexibility index (Phi) is 18.0. The van der Waals surface area contributed by atoms with Gasteiger partial charge in [-0.15, -0.1) is 0 Å². The maximum atomic E-state index is 12.7. The zero-order valence-electron chi connectivity index (χ0n) is 20.0. The molecule has 0 saturated carbocycles. The molecule has 0 aromatic carbocycles. The highest BCUT2D eigenvalue weighted by atomic mass is 31.2. The van der Waals surface area contributed by atoms with E-state index in [-0.39, 0.29) is 19.4 Å². The number of ether oxygens (including phenoxy) is 1. The summed E-state index contributed by atoms with van der Waals surface area (Å²) in [7, 11) is -4.59. The summed E-state index contributed by atoms with van der Waals surface area (Å²) in [6.07, 6.45) is 18.2. The molecule has 0 radical (unpaired) electrons. The van der Waals surface area contributed by atoms with E-state index in [1.165, 1.54) is 57.8 Å². The Hall–Kier alpha value is -0.380. The van der Waals surface area contributed by atoms with Gasteiger partial charge >= 0.3 is 13.6 Å². The van der Waals surface area contributed by atoms with Crippen LogP contribution in [0.2, 0.25) is 0 Å². The fraction of sp³-hybridized carbons (Fsp3) is 0.958. The summed E-state index contributed by atoms with van der Waals surface area (Å²) < 4.78 is 17.6. The molecule has 6 heteroatoms. The average molecular weight is 449 g/mol. The third-order valence-electron chi connectivity index (χ3n) is 6.20. The van der Waals surface area contributed by atoms with Crippen LogP contribution in [-0.4, -0.2) is 27.5 Å². The zero-order chi connectivity index (χ0) is 22.7. The van der Waals surface area contributed by atoms with Crippen molar-refractivity contribution < 1.29 is 23.9 Å². The normalized spacial score (nSPS) is 13.9. The van der Waals surface area contributed by atoms with E-state index in [4.69, 9.17) is 4.74 Å². The molecule has 0 aliphatic heterocycles. The first-order valence-electron chi connectivity index (χ1n) is 12.6. The predicted molar refractivity (Wildman–Crippen MR) is 126 cm³/mol. The topological polar surface area (TPSA) is 83.8 Å². The molecular formula is C24H49O5P. The van der Waals surface area contributed by atoms with Gasteiger partial charge in [0.1, 0.15) is 0 Å². The van der Waals surface area contributed by atoms with E-state index in [2.05, 4.69) is 13.8 Å². The number of carbonyl (C=O) groups is 1. The third kappa shape index (κ3) is 12.5. The molecule has 0 saturated heterocycles. The standard InChI is InChI=1S/C24H49O5P/c1-4-7-9-11-13-15-17-19-21-24(6-3,30(26,27)28)23(25)29-22-20-18-16-14-12-10-8-5-2/h4-22H2,1-3H3,(H2,26,27,28). The summed E-state index contributed by atoms with van der Waals surface area (Å²) in [4.78, 5) is 32.6. The molecule has 0 aromatic rings. The summed E-state index contributed by atoms with van der Waals surface area (Å²) in [6, 6.07) is 0. The second-order valence-corrected chi connectivity index (χ2v) is 10.7. The minimum absolute atomic E-state index is 0.115. The fourth-order valence-electron chi connectivity index (χ4n) is 3.98. The van der Waals surface area contributed by atoms with E-state index in [1.807, 2.05) is 0 Å². The predicted octanol–water partition coefficient (Wildman–Crippen LogP) is 7.53. The first kappa shape index (κ1) is 29.6. The van der Waals surface area contributed by atoms with Crippen molar-refractivity contribution in [3.8, 4) is 0 Å². The number of rotatable bonds is 21. The van der Waals surface area contributed by atoms with Crippen molar-refractivity contribution in [2.24, 2.45) is 0 Å². The van der Waals surface area contributed by atoms with Gasteiger partial charge < -0.3 is 14.5 Å². The highest BCUT2D eigenvalue weighted by Gasteiger charge is 2.52. The van der Waals surface area contributed by atoms with E-state index in [0.29, 0.717) is 6.42 Å². The fourth-order valence-corrected chi connectivity index (χ4v) is 5.14. The van der Waals surface area contributed by atoms with Crippen molar-refractivity contribution in [1.82, 2.24) is 0 Å². The Morgan fingerprint density at radius 3 is 1.50 bits per heavy atom. The van der Waals surface area contributed by atoms with E-state index in [1.54, 1.807) is 6.92 Å².